The van der Waals surface area contributed by atoms with E-state index >= 15 is 0 Å². The summed E-state index contributed by atoms with van der Waals surface area (Å²) in [4.78, 5) is 1.43. The average molecular weight is 230 g/mol. The number of hydrogen-bond acceptors (Lipinski definition) is 2. The van der Waals surface area contributed by atoms with Gasteiger partial charge in [-0.05, 0) is 37.3 Å². The van der Waals surface area contributed by atoms with Crippen LogP contribution in [0.4, 0.5) is 0 Å². The number of thiophene rings is 1. The summed E-state index contributed by atoms with van der Waals surface area (Å²) in [6, 6.07) is 4.77. The van der Waals surface area contributed by atoms with E-state index in [4.69, 9.17) is 11.6 Å². The van der Waals surface area contributed by atoms with Gasteiger partial charge >= 0.3 is 0 Å². The van der Waals surface area contributed by atoms with E-state index in [1.807, 2.05) is 18.3 Å². The van der Waals surface area contributed by atoms with Crippen LogP contribution in [-0.2, 0) is 6.42 Å². The van der Waals surface area contributed by atoms with Crippen molar-refractivity contribution >= 4 is 22.9 Å². The van der Waals surface area contributed by atoms with Crippen molar-refractivity contribution in [2.24, 2.45) is 0 Å². The van der Waals surface area contributed by atoms with E-state index in [9.17, 15) is 0 Å². The summed E-state index contributed by atoms with van der Waals surface area (Å²) in [5.41, 5.74) is 2.80. The van der Waals surface area contributed by atoms with E-state index in [1.54, 1.807) is 5.54 Å². The normalized spacial score (nSPS) is 14.4. The molecule has 1 rings (SSSR count). The molecule has 1 unspecified atom stereocenters. The molecule has 0 spiro atoms. The molecule has 3 heteroatoms. The van der Waals surface area contributed by atoms with E-state index in [1.165, 1.54) is 10.5 Å². The molecule has 0 aliphatic rings. The van der Waals surface area contributed by atoms with E-state index in [0.717, 1.165) is 13.0 Å². The molecule has 0 radical (unpaired) electrons. The highest BCUT2D eigenvalue weighted by Gasteiger charge is 2.03. The van der Waals surface area contributed by atoms with Gasteiger partial charge in [-0.25, -0.2) is 0 Å². The minimum Gasteiger partial charge on any atom is -0.310 e. The molecular weight excluding hydrogens is 214 g/mol. The van der Waals surface area contributed by atoms with Crippen molar-refractivity contribution in [1.29, 1.82) is 0 Å². The fourth-order valence-electron chi connectivity index (χ4n) is 1.18. The largest absolute Gasteiger partial charge is 0.310 e. The van der Waals surface area contributed by atoms with Crippen LogP contribution < -0.4 is 5.32 Å². The third-order valence-corrected chi connectivity index (χ3v) is 3.27. The lowest BCUT2D eigenvalue weighted by Crippen LogP contribution is -2.29. The van der Waals surface area contributed by atoms with Crippen molar-refractivity contribution in [3.8, 4) is 0 Å². The Bertz CT molecular complexity index is 279. The monoisotopic (exact) mass is 229 g/mol. The van der Waals surface area contributed by atoms with E-state index in [-0.39, 0.29) is 0 Å². The van der Waals surface area contributed by atoms with Crippen LogP contribution in [0.1, 0.15) is 18.7 Å². The quantitative estimate of drug-likeness (QED) is 0.816. The summed E-state index contributed by atoms with van der Waals surface area (Å²) in [5, 5.41) is 5.54. The zero-order valence-corrected chi connectivity index (χ0v) is 10.2. The lowest BCUT2D eigenvalue weighted by Gasteiger charge is -2.12. The number of rotatable bonds is 5. The van der Waals surface area contributed by atoms with Gasteiger partial charge in [0.25, 0.3) is 0 Å². The van der Waals surface area contributed by atoms with Crippen LogP contribution in [0.15, 0.2) is 28.6 Å². The van der Waals surface area contributed by atoms with Crippen LogP contribution in [0.2, 0.25) is 0 Å². The summed E-state index contributed by atoms with van der Waals surface area (Å²) in [7, 11) is 0. The molecule has 1 aromatic rings. The summed E-state index contributed by atoms with van der Waals surface area (Å²) in [6.45, 7) is 5.09. The first kappa shape index (κ1) is 11.8. The van der Waals surface area contributed by atoms with Gasteiger partial charge in [0, 0.05) is 23.0 Å². The van der Waals surface area contributed by atoms with Gasteiger partial charge in [-0.3, -0.25) is 0 Å². The third kappa shape index (κ3) is 4.27. The first-order valence-electron chi connectivity index (χ1n) is 4.74. The molecule has 0 aliphatic carbocycles. The van der Waals surface area contributed by atoms with E-state index in [2.05, 4.69) is 29.8 Å². The van der Waals surface area contributed by atoms with E-state index in [0.29, 0.717) is 6.04 Å². The van der Waals surface area contributed by atoms with Gasteiger partial charge < -0.3 is 5.32 Å². The van der Waals surface area contributed by atoms with Crippen molar-refractivity contribution in [1.82, 2.24) is 5.32 Å². The van der Waals surface area contributed by atoms with Gasteiger partial charge in [-0.1, -0.05) is 17.7 Å². The maximum atomic E-state index is 5.58. The van der Waals surface area contributed by atoms with Crippen molar-refractivity contribution in [2.75, 3.05) is 6.54 Å². The Morgan fingerprint density at radius 3 is 3.07 bits per heavy atom. The predicted molar refractivity (Wildman–Crippen MR) is 65.1 cm³/mol. The Hall–Kier alpha value is -0.310. The summed E-state index contributed by atoms with van der Waals surface area (Å²) >= 11 is 7.39. The Morgan fingerprint density at radius 1 is 1.71 bits per heavy atom. The fraction of sp³-hybridized carbons (Fsp3) is 0.455. The second kappa shape index (κ2) is 6.23. The van der Waals surface area contributed by atoms with Crippen LogP contribution >= 0.6 is 22.9 Å². The first-order valence-corrected chi connectivity index (χ1v) is 6.05. The van der Waals surface area contributed by atoms with Crippen molar-refractivity contribution in [3.63, 3.8) is 0 Å². The van der Waals surface area contributed by atoms with Crippen molar-refractivity contribution in [3.05, 3.63) is 33.5 Å². The molecule has 78 valence electrons. The highest BCUT2D eigenvalue weighted by molar-refractivity contribution is 7.09. The van der Waals surface area contributed by atoms with Crippen LogP contribution in [0.3, 0.4) is 0 Å². The second-order valence-electron chi connectivity index (χ2n) is 3.52. The van der Waals surface area contributed by atoms with Crippen LogP contribution in [0.5, 0.6) is 0 Å². The van der Waals surface area contributed by atoms with Crippen LogP contribution in [0.25, 0.3) is 0 Å². The maximum absolute atomic E-state index is 5.58. The van der Waals surface area contributed by atoms with Gasteiger partial charge in [-0.2, -0.15) is 0 Å². The second-order valence-corrected chi connectivity index (χ2v) is 4.77. The molecule has 0 aromatic carbocycles. The number of nitrogens with one attached hydrogen (secondary N) is 1. The Kier molecular flexibility index (Phi) is 5.23. The Labute approximate surface area is 94.8 Å². The molecule has 1 heterocycles. The molecular formula is C11H16ClNS. The highest BCUT2D eigenvalue weighted by Crippen LogP contribution is 2.10. The van der Waals surface area contributed by atoms with Crippen molar-refractivity contribution < 1.29 is 0 Å². The Morgan fingerprint density at radius 2 is 2.50 bits per heavy atom. The number of hydrogen-bond donors (Lipinski definition) is 1. The first-order chi connectivity index (χ1) is 6.72. The summed E-state index contributed by atoms with van der Waals surface area (Å²) < 4.78 is 0. The minimum absolute atomic E-state index is 0.500. The lowest BCUT2D eigenvalue weighted by atomic mass is 10.2. The summed E-state index contributed by atoms with van der Waals surface area (Å²) in [5.74, 6) is 0. The molecule has 0 saturated heterocycles. The maximum Gasteiger partial charge on any atom is 0.0176 e. The molecule has 0 aliphatic heterocycles. The molecule has 1 aromatic heterocycles. The topological polar surface area (TPSA) is 12.0 Å². The fourth-order valence-corrected chi connectivity index (χ4v) is 2.09. The Balaban J connectivity index is 2.26. The zero-order chi connectivity index (χ0) is 10.4. The molecule has 0 amide bonds. The smallest absolute Gasteiger partial charge is 0.0176 e. The van der Waals surface area contributed by atoms with E-state index < -0.39 is 0 Å². The standard InChI is InChI=1S/C11H16ClNS/c1-9(7-12)8-13-10(2)6-11-4-3-5-14-11/h3-5,7,10,13H,6,8H2,1-2H3/b9-7+. The van der Waals surface area contributed by atoms with Gasteiger partial charge in [0.15, 0.2) is 0 Å². The third-order valence-electron chi connectivity index (χ3n) is 2.00. The van der Waals surface area contributed by atoms with Crippen LogP contribution in [-0.4, -0.2) is 12.6 Å². The van der Waals surface area contributed by atoms with Gasteiger partial charge in [0.05, 0.1) is 0 Å². The van der Waals surface area contributed by atoms with Gasteiger partial charge in [0.2, 0.25) is 0 Å². The molecule has 14 heavy (non-hydrogen) atoms. The van der Waals surface area contributed by atoms with Gasteiger partial charge in [-0.15, -0.1) is 11.3 Å². The highest BCUT2D eigenvalue weighted by atomic mass is 35.5. The molecule has 1 nitrogen and oxygen atoms in total. The lowest BCUT2D eigenvalue weighted by molar-refractivity contribution is 0.576. The molecule has 0 saturated carbocycles. The van der Waals surface area contributed by atoms with Crippen LogP contribution in [0, 0.1) is 0 Å². The van der Waals surface area contributed by atoms with Crippen molar-refractivity contribution in [2.45, 2.75) is 26.3 Å². The zero-order valence-electron chi connectivity index (χ0n) is 8.59. The summed E-state index contributed by atoms with van der Waals surface area (Å²) in [6.07, 6.45) is 1.09. The molecule has 1 N–H and O–H groups in total. The SMILES string of the molecule is C/C(=C\Cl)CNC(C)Cc1cccs1. The van der Waals surface area contributed by atoms with Gasteiger partial charge in [0.1, 0.15) is 0 Å². The molecule has 0 bridgehead atoms. The minimum atomic E-state index is 0.500. The average Bonchev–Trinajstić information content (AvgIpc) is 2.66. The number of halogens is 1. The predicted octanol–water partition coefficient (Wildman–Crippen LogP) is 3.41. The molecule has 0 fully saturated rings. The molecule has 1 atom stereocenters.